The molecule has 2 N–H and O–H groups in total. The first-order valence-corrected chi connectivity index (χ1v) is 8.85. The Hall–Kier alpha value is -2.17. The summed E-state index contributed by atoms with van der Waals surface area (Å²) in [5.74, 6) is 0. The van der Waals surface area contributed by atoms with Crippen LogP contribution < -0.4 is 10.2 Å². The van der Waals surface area contributed by atoms with Crippen molar-refractivity contribution in [2.75, 3.05) is 24.5 Å². The Bertz CT molecular complexity index is 957. The number of H-pyrrole nitrogens is 1. The third-order valence-electron chi connectivity index (χ3n) is 4.55. The molecule has 0 saturated carbocycles. The van der Waals surface area contributed by atoms with Gasteiger partial charge in [0.1, 0.15) is 17.4 Å². The summed E-state index contributed by atoms with van der Waals surface area (Å²) in [6.45, 7) is 5.08. The van der Waals surface area contributed by atoms with E-state index in [9.17, 15) is 0 Å². The normalized spacial score (nSPS) is 17.7. The average Bonchev–Trinajstić information content (AvgIpc) is 3.19. The molecule has 4 rings (SSSR count). The zero-order valence-electron chi connectivity index (χ0n) is 13.3. The molecule has 0 amide bonds. The number of fused-ring (bicyclic) bond motifs is 3. The van der Waals surface area contributed by atoms with Crippen molar-refractivity contribution in [2.24, 2.45) is 0 Å². The third-order valence-corrected chi connectivity index (χ3v) is 5.13. The molecule has 7 heteroatoms. The minimum Gasteiger partial charge on any atom is -0.368 e. The van der Waals surface area contributed by atoms with Gasteiger partial charge in [-0.2, -0.15) is 5.26 Å². The van der Waals surface area contributed by atoms with Crippen LogP contribution in [-0.2, 0) is 0 Å². The summed E-state index contributed by atoms with van der Waals surface area (Å²) in [6, 6.07) is 4.46. The van der Waals surface area contributed by atoms with E-state index in [-0.39, 0.29) is 0 Å². The predicted octanol–water partition coefficient (Wildman–Crippen LogP) is 2.93. The molecule has 1 saturated heterocycles. The van der Waals surface area contributed by atoms with Crippen molar-refractivity contribution in [2.45, 2.75) is 19.4 Å². The van der Waals surface area contributed by atoms with Crippen molar-refractivity contribution in [3.8, 4) is 6.07 Å². The summed E-state index contributed by atoms with van der Waals surface area (Å²) < 4.78 is 0.975. The summed E-state index contributed by atoms with van der Waals surface area (Å²) in [6.07, 6.45) is 4.67. The van der Waals surface area contributed by atoms with Crippen molar-refractivity contribution in [3.63, 3.8) is 0 Å². The van der Waals surface area contributed by atoms with Gasteiger partial charge < -0.3 is 15.2 Å². The second-order valence-corrected chi connectivity index (χ2v) is 6.87. The molecule has 0 aliphatic carbocycles. The number of hydrogen-bond donors (Lipinski definition) is 2. The molecule has 0 unspecified atom stereocenters. The highest BCUT2D eigenvalue weighted by atomic mass is 79.9. The molecule has 4 heterocycles. The van der Waals surface area contributed by atoms with Crippen LogP contribution in [0.1, 0.15) is 19.0 Å². The second kappa shape index (κ2) is 6.04. The lowest BCUT2D eigenvalue weighted by molar-refractivity contribution is 0.572. The van der Waals surface area contributed by atoms with Gasteiger partial charge >= 0.3 is 0 Å². The molecule has 122 valence electrons. The van der Waals surface area contributed by atoms with Crippen LogP contribution in [0.15, 0.2) is 22.9 Å². The number of hydrogen-bond acceptors (Lipinski definition) is 5. The molecule has 0 radical (unpaired) electrons. The Morgan fingerprint density at radius 1 is 1.46 bits per heavy atom. The van der Waals surface area contributed by atoms with Crippen LogP contribution in [0.5, 0.6) is 0 Å². The van der Waals surface area contributed by atoms with Gasteiger partial charge in [-0.3, -0.25) is 0 Å². The molecule has 0 bridgehead atoms. The number of nitriles is 1. The molecule has 3 aromatic heterocycles. The van der Waals surface area contributed by atoms with Gasteiger partial charge in [-0.1, -0.05) is 6.92 Å². The van der Waals surface area contributed by atoms with Crippen molar-refractivity contribution in [3.05, 3.63) is 28.6 Å². The maximum atomic E-state index is 9.17. The van der Waals surface area contributed by atoms with Gasteiger partial charge in [0.25, 0.3) is 0 Å². The van der Waals surface area contributed by atoms with E-state index in [2.05, 4.69) is 54.1 Å². The zero-order valence-corrected chi connectivity index (χ0v) is 14.9. The van der Waals surface area contributed by atoms with E-state index in [1.54, 1.807) is 6.20 Å². The van der Waals surface area contributed by atoms with Crippen LogP contribution in [-0.4, -0.2) is 40.6 Å². The Morgan fingerprint density at radius 2 is 2.33 bits per heavy atom. The highest BCUT2D eigenvalue weighted by Crippen LogP contribution is 2.39. The van der Waals surface area contributed by atoms with E-state index < -0.39 is 0 Å². The lowest BCUT2D eigenvalue weighted by Gasteiger charge is -2.21. The number of pyridine rings is 2. The maximum Gasteiger partial charge on any atom is 0.141 e. The van der Waals surface area contributed by atoms with Gasteiger partial charge in [0, 0.05) is 30.7 Å². The number of halogens is 1. The molecule has 3 aromatic rings. The van der Waals surface area contributed by atoms with Crippen LogP contribution in [0.25, 0.3) is 21.9 Å². The summed E-state index contributed by atoms with van der Waals surface area (Å²) in [7, 11) is 0. The first-order valence-electron chi connectivity index (χ1n) is 8.05. The van der Waals surface area contributed by atoms with Crippen LogP contribution in [0.2, 0.25) is 0 Å². The predicted molar refractivity (Wildman–Crippen MR) is 98.1 cm³/mol. The van der Waals surface area contributed by atoms with Crippen LogP contribution >= 0.6 is 15.9 Å². The zero-order chi connectivity index (χ0) is 16.7. The number of likely N-dealkylation sites (N-methyl/N-ethyl adjacent to an activating group) is 1. The number of aromatic amines is 1. The lowest BCUT2D eigenvalue weighted by atomic mass is 10.1. The number of aromatic nitrogens is 3. The summed E-state index contributed by atoms with van der Waals surface area (Å²) >= 11 is 3.67. The van der Waals surface area contributed by atoms with Crippen molar-refractivity contribution >= 4 is 43.6 Å². The van der Waals surface area contributed by atoms with E-state index in [0.29, 0.717) is 11.7 Å². The van der Waals surface area contributed by atoms with Crippen molar-refractivity contribution < 1.29 is 0 Å². The largest absolute Gasteiger partial charge is 0.368 e. The molecular formula is C17H17BrN6. The fourth-order valence-corrected chi connectivity index (χ4v) is 4.06. The van der Waals surface area contributed by atoms with E-state index in [1.807, 2.05) is 12.3 Å². The second-order valence-electron chi connectivity index (χ2n) is 6.02. The highest BCUT2D eigenvalue weighted by molar-refractivity contribution is 9.10. The minimum atomic E-state index is 0.418. The first-order chi connectivity index (χ1) is 11.7. The molecule has 0 aromatic carbocycles. The van der Waals surface area contributed by atoms with Gasteiger partial charge in [-0.25, -0.2) is 9.97 Å². The van der Waals surface area contributed by atoms with Crippen molar-refractivity contribution in [1.82, 2.24) is 20.3 Å². The number of nitrogens with zero attached hydrogens (tertiary/aromatic N) is 4. The van der Waals surface area contributed by atoms with E-state index in [4.69, 9.17) is 5.26 Å². The Kier molecular flexibility index (Phi) is 3.87. The molecular weight excluding hydrogens is 368 g/mol. The summed E-state index contributed by atoms with van der Waals surface area (Å²) in [5, 5.41) is 14.7. The Balaban J connectivity index is 1.91. The molecule has 1 aliphatic rings. The van der Waals surface area contributed by atoms with Gasteiger partial charge in [0.15, 0.2) is 0 Å². The molecule has 6 nitrogen and oxygen atoms in total. The van der Waals surface area contributed by atoms with E-state index >= 15 is 0 Å². The van der Waals surface area contributed by atoms with E-state index in [1.165, 1.54) is 0 Å². The smallest absolute Gasteiger partial charge is 0.141 e. The van der Waals surface area contributed by atoms with Gasteiger partial charge in [-0.05, 0) is 35.0 Å². The topological polar surface area (TPSA) is 80.6 Å². The minimum absolute atomic E-state index is 0.418. The highest BCUT2D eigenvalue weighted by Gasteiger charge is 2.26. The maximum absolute atomic E-state index is 9.17. The van der Waals surface area contributed by atoms with Gasteiger partial charge in [0.05, 0.1) is 27.3 Å². The quantitative estimate of drug-likeness (QED) is 0.725. The first kappa shape index (κ1) is 15.4. The third kappa shape index (κ3) is 2.43. The number of anilines is 1. The monoisotopic (exact) mass is 384 g/mol. The fourth-order valence-electron chi connectivity index (χ4n) is 3.51. The Labute approximate surface area is 148 Å². The molecule has 1 aliphatic heterocycles. The van der Waals surface area contributed by atoms with E-state index in [0.717, 1.165) is 58.2 Å². The van der Waals surface area contributed by atoms with Crippen LogP contribution in [0, 0.1) is 11.3 Å². The van der Waals surface area contributed by atoms with Crippen molar-refractivity contribution in [1.29, 1.82) is 5.26 Å². The summed E-state index contributed by atoms with van der Waals surface area (Å²) in [5.41, 5.74) is 3.29. The molecule has 1 fully saturated rings. The lowest BCUT2D eigenvalue weighted by Crippen LogP contribution is -2.32. The van der Waals surface area contributed by atoms with Crippen LogP contribution in [0.4, 0.5) is 5.69 Å². The molecule has 0 spiro atoms. The summed E-state index contributed by atoms with van der Waals surface area (Å²) in [4.78, 5) is 14.4. The fraction of sp³-hybridized carbons (Fsp3) is 0.353. The molecule has 24 heavy (non-hydrogen) atoms. The van der Waals surface area contributed by atoms with Gasteiger partial charge in [-0.15, -0.1) is 0 Å². The molecule has 1 atom stereocenters. The van der Waals surface area contributed by atoms with Gasteiger partial charge in [0.2, 0.25) is 0 Å². The Morgan fingerprint density at radius 3 is 3.12 bits per heavy atom. The SMILES string of the molecule is CCN[C@H]1CCN(c2c(Br)cnc3[nH]c4cnc(C#N)cc4c23)C1. The number of rotatable bonds is 3. The standard InChI is InChI=1S/C17H17BrN6/c1-2-20-10-3-4-24(9-10)16-13(18)7-22-17-15(16)12-5-11(6-19)21-8-14(12)23-17/h5,7-8,10,20H,2-4,9H2,1H3,(H,22,23)/t10-/m0/s1. The number of nitrogens with one attached hydrogen (secondary N) is 2. The van der Waals surface area contributed by atoms with Crippen LogP contribution in [0.3, 0.4) is 0 Å². The average molecular weight is 385 g/mol.